The third-order valence-corrected chi connectivity index (χ3v) is 6.00. The Morgan fingerprint density at radius 2 is 2.00 bits per heavy atom. The molecule has 0 spiro atoms. The van der Waals surface area contributed by atoms with E-state index in [4.69, 9.17) is 4.74 Å². The summed E-state index contributed by atoms with van der Waals surface area (Å²) < 4.78 is 7.48. The van der Waals surface area contributed by atoms with E-state index in [9.17, 15) is 10.1 Å². The van der Waals surface area contributed by atoms with E-state index in [1.807, 2.05) is 42.6 Å². The van der Waals surface area contributed by atoms with Gasteiger partial charge in [-0.1, -0.05) is 30.9 Å². The molecule has 0 unspecified atom stereocenters. The highest BCUT2D eigenvalue weighted by atomic mass is 127. The molecule has 2 aromatic carbocycles. The lowest BCUT2D eigenvalue weighted by molar-refractivity contribution is -0.117. The quantitative estimate of drug-likeness (QED) is 0.157. The van der Waals surface area contributed by atoms with E-state index in [1.54, 1.807) is 12.2 Å². The predicted octanol–water partition coefficient (Wildman–Crippen LogP) is 5.21. The number of carbonyl (C=O) groups excluding carboxylic acids is 1. The van der Waals surface area contributed by atoms with Crippen LogP contribution >= 0.6 is 45.2 Å². The topological polar surface area (TPSA) is 77.9 Å². The van der Waals surface area contributed by atoms with Crippen LogP contribution in [0.25, 0.3) is 17.0 Å². The van der Waals surface area contributed by atoms with Crippen molar-refractivity contribution in [1.82, 2.24) is 10.3 Å². The molecule has 0 bridgehead atoms. The van der Waals surface area contributed by atoms with Crippen molar-refractivity contribution in [2.75, 3.05) is 13.2 Å². The van der Waals surface area contributed by atoms with Crippen LogP contribution in [0, 0.1) is 18.5 Å². The second kappa shape index (κ2) is 10.6. The van der Waals surface area contributed by atoms with E-state index in [1.165, 1.54) is 0 Å². The molecule has 0 saturated carbocycles. The van der Waals surface area contributed by atoms with Crippen molar-refractivity contribution < 1.29 is 9.53 Å². The number of nitriles is 1. The van der Waals surface area contributed by atoms with Gasteiger partial charge in [0, 0.05) is 23.6 Å². The van der Waals surface area contributed by atoms with Crippen LogP contribution in [-0.2, 0) is 11.2 Å². The van der Waals surface area contributed by atoms with Gasteiger partial charge in [-0.05, 0) is 87.0 Å². The molecule has 0 radical (unpaired) electrons. The van der Waals surface area contributed by atoms with Crippen molar-refractivity contribution in [1.29, 1.82) is 5.26 Å². The molecule has 152 valence electrons. The molecule has 0 atom stereocenters. The fraction of sp³-hybridized carbons (Fsp3) is 0.130. The maximum Gasteiger partial charge on any atom is 0.261 e. The fourth-order valence-corrected chi connectivity index (χ4v) is 5.13. The first-order valence-corrected chi connectivity index (χ1v) is 11.4. The molecule has 1 heterocycles. The average molecular weight is 623 g/mol. The van der Waals surface area contributed by atoms with Crippen molar-refractivity contribution in [2.24, 2.45) is 0 Å². The van der Waals surface area contributed by atoms with Gasteiger partial charge in [0.25, 0.3) is 5.91 Å². The number of carbonyl (C=O) groups is 1. The summed E-state index contributed by atoms with van der Waals surface area (Å²) in [6, 6.07) is 13.8. The number of fused-ring (bicyclic) bond motifs is 1. The number of benzene rings is 2. The Hall–Kier alpha value is -2.32. The third-order valence-electron chi connectivity index (χ3n) is 4.40. The Kier molecular flexibility index (Phi) is 7.93. The standard InChI is InChI=1S/C23H19I2N3O2/c1-2-9-30-22-19(24)11-15(12-20(22)25)10-17(13-26)23(29)27-8-7-16-14-28-21-6-4-3-5-18(16)21/h2-6,10-12,14,28H,1,7-9H2,(H,27,29)/b17-10-. The summed E-state index contributed by atoms with van der Waals surface area (Å²) in [5, 5.41) is 13.5. The maximum atomic E-state index is 12.5. The molecule has 3 rings (SSSR count). The van der Waals surface area contributed by atoms with E-state index in [-0.39, 0.29) is 11.5 Å². The summed E-state index contributed by atoms with van der Waals surface area (Å²) in [5.41, 5.74) is 3.05. The highest BCUT2D eigenvalue weighted by molar-refractivity contribution is 14.1. The molecule has 0 aliphatic carbocycles. The van der Waals surface area contributed by atoms with Gasteiger partial charge >= 0.3 is 0 Å². The number of nitrogens with one attached hydrogen (secondary N) is 2. The minimum Gasteiger partial charge on any atom is -0.487 e. The van der Waals surface area contributed by atoms with Gasteiger partial charge < -0.3 is 15.0 Å². The van der Waals surface area contributed by atoms with Gasteiger partial charge in [0.1, 0.15) is 24.0 Å². The molecular formula is C23H19I2N3O2. The van der Waals surface area contributed by atoms with E-state index in [2.05, 4.69) is 68.1 Å². The van der Waals surface area contributed by atoms with Gasteiger partial charge in [-0.15, -0.1) is 0 Å². The summed E-state index contributed by atoms with van der Waals surface area (Å²) >= 11 is 4.37. The Morgan fingerprint density at radius 3 is 2.70 bits per heavy atom. The van der Waals surface area contributed by atoms with E-state index < -0.39 is 0 Å². The maximum absolute atomic E-state index is 12.5. The van der Waals surface area contributed by atoms with Gasteiger partial charge in [0.05, 0.1) is 7.14 Å². The number of hydrogen-bond acceptors (Lipinski definition) is 3. The Morgan fingerprint density at radius 1 is 1.27 bits per heavy atom. The lowest BCUT2D eigenvalue weighted by atomic mass is 10.1. The predicted molar refractivity (Wildman–Crippen MR) is 136 cm³/mol. The molecule has 1 aromatic heterocycles. The van der Waals surface area contributed by atoms with Gasteiger partial charge in [-0.2, -0.15) is 5.26 Å². The van der Waals surface area contributed by atoms with Crippen molar-refractivity contribution in [3.8, 4) is 11.8 Å². The third kappa shape index (κ3) is 5.43. The van der Waals surface area contributed by atoms with Gasteiger partial charge in [0.15, 0.2) is 0 Å². The first kappa shape index (κ1) is 22.4. The summed E-state index contributed by atoms with van der Waals surface area (Å²) in [4.78, 5) is 15.7. The first-order chi connectivity index (χ1) is 14.5. The van der Waals surface area contributed by atoms with E-state index in [0.717, 1.165) is 34.9 Å². The number of para-hydroxylation sites is 1. The van der Waals surface area contributed by atoms with E-state index >= 15 is 0 Å². The molecule has 3 aromatic rings. The summed E-state index contributed by atoms with van der Waals surface area (Å²) in [6.07, 6.45) is 5.92. The van der Waals surface area contributed by atoms with Crippen molar-refractivity contribution in [3.05, 3.63) is 79.1 Å². The highest BCUT2D eigenvalue weighted by Crippen LogP contribution is 2.30. The molecular weight excluding hydrogens is 604 g/mol. The van der Waals surface area contributed by atoms with Crippen LogP contribution in [0.1, 0.15) is 11.1 Å². The van der Waals surface area contributed by atoms with Crippen LogP contribution < -0.4 is 10.1 Å². The van der Waals surface area contributed by atoms with Gasteiger partial charge in [-0.3, -0.25) is 4.79 Å². The Balaban J connectivity index is 1.67. The van der Waals surface area contributed by atoms with Gasteiger partial charge in [-0.25, -0.2) is 0 Å². The number of rotatable bonds is 8. The smallest absolute Gasteiger partial charge is 0.261 e. The first-order valence-electron chi connectivity index (χ1n) is 9.21. The molecule has 30 heavy (non-hydrogen) atoms. The zero-order chi connectivity index (χ0) is 21.5. The number of hydrogen-bond donors (Lipinski definition) is 2. The molecule has 0 fully saturated rings. The zero-order valence-electron chi connectivity index (χ0n) is 16.0. The molecule has 0 aliphatic rings. The highest BCUT2D eigenvalue weighted by Gasteiger charge is 2.12. The van der Waals surface area contributed by atoms with E-state index in [0.29, 0.717) is 19.6 Å². The van der Waals surface area contributed by atoms with Crippen molar-refractivity contribution in [3.63, 3.8) is 0 Å². The summed E-state index contributed by atoms with van der Waals surface area (Å²) in [7, 11) is 0. The van der Waals surface area contributed by atoms with Crippen LogP contribution in [-0.4, -0.2) is 24.0 Å². The lowest BCUT2D eigenvalue weighted by Gasteiger charge is -2.10. The fourth-order valence-electron chi connectivity index (χ4n) is 3.00. The second-order valence-electron chi connectivity index (χ2n) is 6.45. The SMILES string of the molecule is C=CCOc1c(I)cc(/C=C(/C#N)C(=O)NCCc2c[nH]c3ccccc23)cc1I. The second-order valence-corrected chi connectivity index (χ2v) is 8.77. The van der Waals surface area contributed by atoms with Crippen LogP contribution in [0.15, 0.2) is 60.8 Å². The molecule has 0 aliphatic heterocycles. The lowest BCUT2D eigenvalue weighted by Crippen LogP contribution is -2.26. The number of aromatic nitrogens is 1. The Labute approximate surface area is 202 Å². The largest absolute Gasteiger partial charge is 0.487 e. The number of ether oxygens (including phenoxy) is 1. The number of nitrogens with zero attached hydrogens (tertiary/aromatic N) is 1. The van der Waals surface area contributed by atoms with Crippen LogP contribution in [0.5, 0.6) is 5.75 Å². The normalized spacial score (nSPS) is 11.2. The van der Waals surface area contributed by atoms with Crippen LogP contribution in [0.2, 0.25) is 0 Å². The average Bonchev–Trinajstić information content (AvgIpc) is 3.14. The number of halogens is 2. The van der Waals surface area contributed by atoms with Crippen molar-refractivity contribution >= 4 is 68.1 Å². The molecule has 5 nitrogen and oxygen atoms in total. The number of H-pyrrole nitrogens is 1. The molecule has 7 heteroatoms. The minimum atomic E-state index is -0.380. The minimum absolute atomic E-state index is 0.0697. The molecule has 1 amide bonds. The number of aromatic amines is 1. The summed E-state index contributed by atoms with van der Waals surface area (Å²) in [6.45, 7) is 4.52. The van der Waals surface area contributed by atoms with Crippen LogP contribution in [0.3, 0.4) is 0 Å². The zero-order valence-corrected chi connectivity index (χ0v) is 20.4. The summed E-state index contributed by atoms with van der Waals surface area (Å²) in [5.74, 6) is 0.393. The number of amides is 1. The van der Waals surface area contributed by atoms with Gasteiger partial charge in [0.2, 0.25) is 0 Å². The molecule has 0 saturated heterocycles. The van der Waals surface area contributed by atoms with Crippen LogP contribution in [0.4, 0.5) is 0 Å². The Bertz CT molecular complexity index is 1140. The molecule has 2 N–H and O–H groups in total. The van der Waals surface area contributed by atoms with Crippen molar-refractivity contribution in [2.45, 2.75) is 6.42 Å². The monoisotopic (exact) mass is 623 g/mol.